The van der Waals surface area contributed by atoms with Crippen molar-refractivity contribution in [3.05, 3.63) is 59.2 Å². The van der Waals surface area contributed by atoms with E-state index in [2.05, 4.69) is 32.3 Å². The summed E-state index contributed by atoms with van der Waals surface area (Å²) in [6.45, 7) is 7.57. The highest BCUT2D eigenvalue weighted by Crippen LogP contribution is 2.54. The minimum atomic E-state index is -0.0379. The molecule has 1 spiro atoms. The lowest BCUT2D eigenvalue weighted by Crippen LogP contribution is -2.41. The smallest absolute Gasteiger partial charge is 0.252 e. The van der Waals surface area contributed by atoms with E-state index in [0.717, 1.165) is 43.7 Å². The Morgan fingerprint density at radius 1 is 1.34 bits per heavy atom. The number of likely N-dealkylation sites (tertiary alicyclic amines) is 1. The molecule has 3 aliphatic rings. The summed E-state index contributed by atoms with van der Waals surface area (Å²) in [5.74, 6) is 0.833. The Morgan fingerprint density at radius 2 is 2.17 bits per heavy atom. The quantitative estimate of drug-likeness (QED) is 0.847. The topological polar surface area (TPSA) is 67.4 Å². The van der Waals surface area contributed by atoms with Gasteiger partial charge in [-0.3, -0.25) is 19.7 Å². The molecule has 29 heavy (non-hydrogen) atoms. The maximum Gasteiger partial charge on any atom is 0.252 e. The molecule has 0 unspecified atom stereocenters. The fraction of sp³-hybridized carbons (Fsp3) is 0.522. The molecule has 6 heteroatoms. The molecule has 4 atom stereocenters. The van der Waals surface area contributed by atoms with Gasteiger partial charge in [-0.25, -0.2) is 0 Å². The molecule has 1 N–H and O–H groups in total. The van der Waals surface area contributed by atoms with Gasteiger partial charge >= 0.3 is 0 Å². The first-order chi connectivity index (χ1) is 14.0. The Balaban J connectivity index is 1.24. The number of aromatic nitrogens is 2. The minimum absolute atomic E-state index is 0.0188. The molecule has 6 nitrogen and oxygen atoms in total. The molecule has 5 heterocycles. The summed E-state index contributed by atoms with van der Waals surface area (Å²) in [7, 11) is 0. The minimum Gasteiger partial charge on any atom is -0.370 e. The third-order valence-corrected chi connectivity index (χ3v) is 7.11. The van der Waals surface area contributed by atoms with Crippen LogP contribution >= 0.6 is 0 Å². The number of fused-ring (bicyclic) bond motifs is 1. The predicted octanol–water partition coefficient (Wildman–Crippen LogP) is 2.50. The van der Waals surface area contributed by atoms with Gasteiger partial charge in [-0.1, -0.05) is 0 Å². The second kappa shape index (κ2) is 7.18. The van der Waals surface area contributed by atoms with Crippen molar-refractivity contribution in [2.24, 2.45) is 11.8 Å². The summed E-state index contributed by atoms with van der Waals surface area (Å²) in [5, 5.41) is 3.16. The lowest BCUT2D eigenvalue weighted by Gasteiger charge is -2.29. The van der Waals surface area contributed by atoms with Gasteiger partial charge in [0, 0.05) is 62.3 Å². The standard InChI is InChI=1S/C23H28N4O2/c1-15-9-18(10-25-16(15)2)22(28)26-11-19-20-13-27(12-17-4-7-24-8-5-17)14-23(20)6-3-21(19)29-23/h4-5,7-10,19-21H,3,6,11-14H2,1-2H3,(H,26,28)/t19-,20+,21+,23+/m0/s1. The zero-order chi connectivity index (χ0) is 20.0. The average Bonchev–Trinajstić information content (AvgIpc) is 3.37. The van der Waals surface area contributed by atoms with Gasteiger partial charge in [-0.2, -0.15) is 0 Å². The first-order valence-corrected chi connectivity index (χ1v) is 10.5. The molecular formula is C23H28N4O2. The molecule has 1 amide bonds. The van der Waals surface area contributed by atoms with Gasteiger partial charge in [-0.15, -0.1) is 0 Å². The van der Waals surface area contributed by atoms with Gasteiger partial charge in [0.05, 0.1) is 17.3 Å². The number of carbonyl (C=O) groups is 1. The van der Waals surface area contributed by atoms with Crippen molar-refractivity contribution in [1.29, 1.82) is 0 Å². The van der Waals surface area contributed by atoms with Crippen LogP contribution in [0.1, 0.15) is 40.0 Å². The second-order valence-corrected chi connectivity index (χ2v) is 8.89. The van der Waals surface area contributed by atoms with Crippen LogP contribution in [-0.2, 0) is 11.3 Å². The Bertz CT molecular complexity index is 918. The molecular weight excluding hydrogens is 364 g/mol. The van der Waals surface area contributed by atoms with Gasteiger partial charge in [-0.05, 0) is 56.0 Å². The third-order valence-electron chi connectivity index (χ3n) is 7.11. The van der Waals surface area contributed by atoms with Crippen molar-refractivity contribution in [2.75, 3.05) is 19.6 Å². The highest BCUT2D eigenvalue weighted by atomic mass is 16.5. The van der Waals surface area contributed by atoms with E-state index in [1.54, 1.807) is 6.20 Å². The number of rotatable bonds is 5. The van der Waals surface area contributed by atoms with E-state index in [1.165, 1.54) is 5.56 Å². The lowest BCUT2D eigenvalue weighted by atomic mass is 9.73. The van der Waals surface area contributed by atoms with Crippen molar-refractivity contribution < 1.29 is 9.53 Å². The molecule has 0 aromatic carbocycles. The highest BCUT2D eigenvalue weighted by Gasteiger charge is 2.62. The van der Waals surface area contributed by atoms with E-state index in [-0.39, 0.29) is 17.6 Å². The molecule has 0 aliphatic carbocycles. The third kappa shape index (κ3) is 3.34. The fourth-order valence-electron chi connectivity index (χ4n) is 5.51. The number of hydrogen-bond donors (Lipinski definition) is 1. The average molecular weight is 393 g/mol. The van der Waals surface area contributed by atoms with E-state index in [9.17, 15) is 4.79 Å². The number of nitrogens with zero attached hydrogens (tertiary/aromatic N) is 3. The molecule has 3 saturated heterocycles. The molecule has 3 fully saturated rings. The number of aryl methyl sites for hydroxylation is 2. The van der Waals surface area contributed by atoms with Crippen LogP contribution < -0.4 is 5.32 Å². The monoisotopic (exact) mass is 392 g/mol. The van der Waals surface area contributed by atoms with Crippen LogP contribution in [0.2, 0.25) is 0 Å². The molecule has 2 aromatic rings. The maximum atomic E-state index is 12.7. The van der Waals surface area contributed by atoms with Crippen LogP contribution in [0, 0.1) is 25.7 Å². The molecule has 5 rings (SSSR count). The van der Waals surface area contributed by atoms with Crippen LogP contribution in [0.5, 0.6) is 0 Å². The summed E-state index contributed by atoms with van der Waals surface area (Å²) < 4.78 is 6.52. The molecule has 2 aromatic heterocycles. The van der Waals surface area contributed by atoms with Gasteiger partial charge < -0.3 is 10.1 Å². The first-order valence-electron chi connectivity index (χ1n) is 10.5. The molecule has 152 valence electrons. The van der Waals surface area contributed by atoms with Crippen molar-refractivity contribution in [3.63, 3.8) is 0 Å². The van der Waals surface area contributed by atoms with Crippen LogP contribution in [0.3, 0.4) is 0 Å². The highest BCUT2D eigenvalue weighted by molar-refractivity contribution is 5.94. The first kappa shape index (κ1) is 18.7. The van der Waals surface area contributed by atoms with Crippen molar-refractivity contribution >= 4 is 5.91 Å². The number of amides is 1. The van der Waals surface area contributed by atoms with Crippen molar-refractivity contribution in [1.82, 2.24) is 20.2 Å². The summed E-state index contributed by atoms with van der Waals surface area (Å²) >= 11 is 0. The van der Waals surface area contributed by atoms with Crippen LogP contribution in [0.25, 0.3) is 0 Å². The van der Waals surface area contributed by atoms with E-state index < -0.39 is 0 Å². The van der Waals surface area contributed by atoms with Gasteiger partial charge in [0.1, 0.15) is 0 Å². The number of carbonyl (C=O) groups excluding carboxylic acids is 1. The zero-order valence-electron chi connectivity index (χ0n) is 17.1. The lowest BCUT2D eigenvalue weighted by molar-refractivity contribution is 0.00212. The summed E-state index contributed by atoms with van der Waals surface area (Å²) in [6.07, 6.45) is 7.90. The van der Waals surface area contributed by atoms with Crippen molar-refractivity contribution in [3.8, 4) is 0 Å². The van der Waals surface area contributed by atoms with Crippen molar-refractivity contribution in [2.45, 2.75) is 44.9 Å². The molecule has 0 radical (unpaired) electrons. The van der Waals surface area contributed by atoms with Crippen LogP contribution in [0.15, 0.2) is 36.8 Å². The maximum absolute atomic E-state index is 12.7. The normalized spacial score (nSPS) is 30.5. The Morgan fingerprint density at radius 3 is 2.97 bits per heavy atom. The molecule has 3 aliphatic heterocycles. The Labute approximate surface area is 171 Å². The van der Waals surface area contributed by atoms with E-state index >= 15 is 0 Å². The number of nitrogens with one attached hydrogen (secondary N) is 1. The summed E-state index contributed by atoms with van der Waals surface area (Å²) in [4.78, 5) is 23.6. The van der Waals surface area contributed by atoms with E-state index in [1.807, 2.05) is 32.3 Å². The van der Waals surface area contributed by atoms with Gasteiger partial charge in [0.15, 0.2) is 0 Å². The summed E-state index contributed by atoms with van der Waals surface area (Å²) in [5.41, 5.74) is 3.91. The number of ether oxygens (including phenoxy) is 1. The van der Waals surface area contributed by atoms with Crippen LogP contribution in [0.4, 0.5) is 0 Å². The largest absolute Gasteiger partial charge is 0.370 e. The Kier molecular flexibility index (Phi) is 4.63. The van der Waals surface area contributed by atoms with E-state index in [4.69, 9.17) is 4.74 Å². The second-order valence-electron chi connectivity index (χ2n) is 8.89. The Hall–Kier alpha value is -2.31. The summed E-state index contributed by atoms with van der Waals surface area (Å²) in [6, 6.07) is 6.08. The predicted molar refractivity (Wildman–Crippen MR) is 109 cm³/mol. The molecule has 2 bridgehead atoms. The van der Waals surface area contributed by atoms with Crippen LogP contribution in [-0.4, -0.2) is 52.1 Å². The van der Waals surface area contributed by atoms with E-state index in [0.29, 0.717) is 23.9 Å². The molecule has 0 saturated carbocycles. The number of hydrogen-bond acceptors (Lipinski definition) is 5. The fourth-order valence-corrected chi connectivity index (χ4v) is 5.51. The van der Waals surface area contributed by atoms with Gasteiger partial charge in [0.25, 0.3) is 5.91 Å². The SMILES string of the molecule is Cc1cc(C(=O)NC[C@H]2[C@H]3CN(Cc4ccncc4)C[C@]34CC[C@H]2O4)cnc1C. The van der Waals surface area contributed by atoms with Gasteiger partial charge in [0.2, 0.25) is 0 Å². The number of pyridine rings is 2. The zero-order valence-corrected chi connectivity index (χ0v) is 17.1.